The first kappa shape index (κ1) is 13.9. The Morgan fingerprint density at radius 3 is 2.35 bits per heavy atom. The molecule has 0 bridgehead atoms. The van der Waals surface area contributed by atoms with Gasteiger partial charge in [-0.25, -0.2) is 13.6 Å². The minimum Gasteiger partial charge on any atom is -0.444 e. The number of ether oxygens (including phenoxy) is 1. The summed E-state index contributed by atoms with van der Waals surface area (Å²) in [5.74, 6) is -3.95. The zero-order chi connectivity index (χ0) is 13.3. The number of ketones is 1. The van der Waals surface area contributed by atoms with Crippen LogP contribution in [0, 0.1) is 5.92 Å². The van der Waals surface area contributed by atoms with Crippen molar-refractivity contribution in [2.45, 2.75) is 45.1 Å². The molecular weight excluding hydrogens is 232 g/mol. The number of hydrogen-bond donors (Lipinski definition) is 1. The van der Waals surface area contributed by atoms with Gasteiger partial charge < -0.3 is 10.1 Å². The van der Waals surface area contributed by atoms with Crippen molar-refractivity contribution in [3.05, 3.63) is 0 Å². The molecule has 0 aromatic carbocycles. The topological polar surface area (TPSA) is 55.4 Å². The Hall–Kier alpha value is -1.20. The van der Waals surface area contributed by atoms with E-state index in [0.717, 1.165) is 0 Å². The highest BCUT2D eigenvalue weighted by Gasteiger charge is 2.57. The SMILES string of the molecule is CC(C)(C)OC(=O)NCC(=O)CC1CC1(F)F. The molecule has 17 heavy (non-hydrogen) atoms. The number of amides is 1. The molecule has 6 heteroatoms. The van der Waals surface area contributed by atoms with Crippen molar-refractivity contribution in [1.82, 2.24) is 5.32 Å². The molecular formula is C11H17F2NO3. The summed E-state index contributed by atoms with van der Waals surface area (Å²) in [6.07, 6.45) is -1.14. The second-order valence-corrected chi connectivity index (χ2v) is 5.26. The largest absolute Gasteiger partial charge is 0.444 e. The third kappa shape index (κ3) is 5.10. The summed E-state index contributed by atoms with van der Waals surface area (Å²) in [6.45, 7) is 4.82. The van der Waals surface area contributed by atoms with Gasteiger partial charge in [-0.3, -0.25) is 4.79 Å². The maximum absolute atomic E-state index is 12.5. The zero-order valence-corrected chi connectivity index (χ0v) is 10.2. The van der Waals surface area contributed by atoms with E-state index >= 15 is 0 Å². The van der Waals surface area contributed by atoms with Crippen LogP contribution in [0.1, 0.15) is 33.6 Å². The molecule has 1 rings (SSSR count). The Kier molecular flexibility index (Phi) is 3.74. The van der Waals surface area contributed by atoms with Crippen molar-refractivity contribution in [3.8, 4) is 0 Å². The average Bonchev–Trinajstić information content (AvgIpc) is 2.67. The zero-order valence-electron chi connectivity index (χ0n) is 10.2. The number of carbonyl (C=O) groups is 2. The van der Waals surface area contributed by atoms with E-state index in [2.05, 4.69) is 5.32 Å². The van der Waals surface area contributed by atoms with Crippen LogP contribution in [0.5, 0.6) is 0 Å². The Morgan fingerprint density at radius 1 is 1.41 bits per heavy atom. The molecule has 98 valence electrons. The molecule has 0 heterocycles. The highest BCUT2D eigenvalue weighted by atomic mass is 19.3. The van der Waals surface area contributed by atoms with Gasteiger partial charge in [0.1, 0.15) is 5.60 Å². The van der Waals surface area contributed by atoms with Crippen molar-refractivity contribution >= 4 is 11.9 Å². The fourth-order valence-corrected chi connectivity index (χ4v) is 1.32. The van der Waals surface area contributed by atoms with E-state index in [1.165, 1.54) is 0 Å². The van der Waals surface area contributed by atoms with Gasteiger partial charge >= 0.3 is 6.09 Å². The monoisotopic (exact) mass is 249 g/mol. The lowest BCUT2D eigenvalue weighted by atomic mass is 10.2. The molecule has 1 unspecified atom stereocenters. The number of halogens is 2. The van der Waals surface area contributed by atoms with Gasteiger partial charge in [-0.2, -0.15) is 0 Å². The van der Waals surface area contributed by atoms with Crippen LogP contribution in [0.4, 0.5) is 13.6 Å². The van der Waals surface area contributed by atoms with Gasteiger partial charge in [-0.05, 0) is 20.8 Å². The third-order valence-electron chi connectivity index (χ3n) is 2.26. The first-order chi connectivity index (χ1) is 7.60. The van der Waals surface area contributed by atoms with Gasteiger partial charge in [0.2, 0.25) is 0 Å². The molecule has 0 radical (unpaired) electrons. The summed E-state index contributed by atoms with van der Waals surface area (Å²) in [5, 5.41) is 2.24. The molecule has 0 spiro atoms. The molecule has 1 aliphatic rings. The van der Waals surface area contributed by atoms with Crippen LogP contribution in [0.2, 0.25) is 0 Å². The second-order valence-electron chi connectivity index (χ2n) is 5.26. The second kappa shape index (κ2) is 4.58. The minimum atomic E-state index is -2.69. The predicted molar refractivity (Wildman–Crippen MR) is 56.9 cm³/mol. The van der Waals surface area contributed by atoms with E-state index < -0.39 is 29.3 Å². The van der Waals surface area contributed by atoms with Crippen LogP contribution >= 0.6 is 0 Å². The fourth-order valence-electron chi connectivity index (χ4n) is 1.32. The van der Waals surface area contributed by atoms with E-state index in [4.69, 9.17) is 4.74 Å². The van der Waals surface area contributed by atoms with Crippen LogP contribution in [0.15, 0.2) is 0 Å². The van der Waals surface area contributed by atoms with Gasteiger partial charge in [0.25, 0.3) is 5.92 Å². The fraction of sp³-hybridized carbons (Fsp3) is 0.818. The van der Waals surface area contributed by atoms with Crippen molar-refractivity contribution < 1.29 is 23.1 Å². The summed E-state index contributed by atoms with van der Waals surface area (Å²) in [4.78, 5) is 22.4. The third-order valence-corrected chi connectivity index (χ3v) is 2.26. The predicted octanol–water partition coefficient (Wildman–Crippen LogP) is 2.13. The minimum absolute atomic E-state index is 0.192. The summed E-state index contributed by atoms with van der Waals surface area (Å²) in [7, 11) is 0. The Balaban J connectivity index is 2.18. The quantitative estimate of drug-likeness (QED) is 0.830. The molecule has 1 aliphatic carbocycles. The molecule has 0 aliphatic heterocycles. The van der Waals surface area contributed by atoms with Crippen molar-refractivity contribution in [2.75, 3.05) is 6.54 Å². The molecule has 1 saturated carbocycles. The van der Waals surface area contributed by atoms with Gasteiger partial charge in [0.05, 0.1) is 6.54 Å². The summed E-state index contributed by atoms with van der Waals surface area (Å²) < 4.78 is 29.9. The molecule has 0 aromatic heterocycles. The average molecular weight is 249 g/mol. The molecule has 1 fully saturated rings. The first-order valence-corrected chi connectivity index (χ1v) is 5.46. The van der Waals surface area contributed by atoms with E-state index in [1.807, 2.05) is 0 Å². The lowest BCUT2D eigenvalue weighted by Gasteiger charge is -2.19. The molecule has 1 atom stereocenters. The summed E-state index contributed by atoms with van der Waals surface area (Å²) in [5.41, 5.74) is -0.642. The molecule has 1 N–H and O–H groups in total. The lowest BCUT2D eigenvalue weighted by Crippen LogP contribution is -2.35. The van der Waals surface area contributed by atoms with Crippen LogP contribution < -0.4 is 5.32 Å². The van der Waals surface area contributed by atoms with Gasteiger partial charge in [-0.15, -0.1) is 0 Å². The van der Waals surface area contributed by atoms with E-state index in [-0.39, 0.29) is 19.4 Å². The number of carbonyl (C=O) groups excluding carboxylic acids is 2. The Bertz CT molecular complexity index is 323. The summed E-state index contributed by atoms with van der Waals surface area (Å²) >= 11 is 0. The summed E-state index contributed by atoms with van der Waals surface area (Å²) in [6, 6.07) is 0. The molecule has 0 saturated heterocycles. The normalized spacial score (nSPS) is 21.8. The van der Waals surface area contributed by atoms with Crippen LogP contribution in [-0.2, 0) is 9.53 Å². The number of Topliss-reactive ketones (excluding diaryl/α,β-unsaturated/α-hetero) is 1. The lowest BCUT2D eigenvalue weighted by molar-refractivity contribution is -0.119. The maximum Gasteiger partial charge on any atom is 0.408 e. The van der Waals surface area contributed by atoms with Gasteiger partial charge in [0, 0.05) is 18.8 Å². The highest BCUT2D eigenvalue weighted by molar-refractivity contribution is 5.84. The first-order valence-electron chi connectivity index (χ1n) is 5.46. The molecule has 0 aromatic rings. The Morgan fingerprint density at radius 2 is 1.94 bits per heavy atom. The van der Waals surface area contributed by atoms with Crippen molar-refractivity contribution in [3.63, 3.8) is 0 Å². The Labute approximate surface area is 98.7 Å². The number of alkyl carbamates (subject to hydrolysis) is 1. The molecule has 1 amide bonds. The number of alkyl halides is 2. The molecule has 4 nitrogen and oxygen atoms in total. The van der Waals surface area contributed by atoms with Gasteiger partial charge in [0.15, 0.2) is 5.78 Å². The van der Waals surface area contributed by atoms with Crippen LogP contribution in [0.3, 0.4) is 0 Å². The maximum atomic E-state index is 12.5. The van der Waals surface area contributed by atoms with Crippen LogP contribution in [0.25, 0.3) is 0 Å². The number of rotatable bonds is 4. The van der Waals surface area contributed by atoms with E-state index in [1.54, 1.807) is 20.8 Å². The van der Waals surface area contributed by atoms with Crippen LogP contribution in [-0.4, -0.2) is 29.9 Å². The number of nitrogens with one attached hydrogen (secondary N) is 1. The highest BCUT2D eigenvalue weighted by Crippen LogP contribution is 2.50. The van der Waals surface area contributed by atoms with Crippen molar-refractivity contribution in [2.24, 2.45) is 5.92 Å². The van der Waals surface area contributed by atoms with E-state index in [9.17, 15) is 18.4 Å². The number of hydrogen-bond acceptors (Lipinski definition) is 3. The standard InChI is InChI=1S/C11H17F2NO3/c1-10(2,3)17-9(16)14-6-8(15)4-7-5-11(7,12)13/h7H,4-6H2,1-3H3,(H,14,16). The van der Waals surface area contributed by atoms with Gasteiger partial charge in [-0.1, -0.05) is 0 Å². The van der Waals surface area contributed by atoms with Crippen molar-refractivity contribution in [1.29, 1.82) is 0 Å². The smallest absolute Gasteiger partial charge is 0.408 e. The van der Waals surface area contributed by atoms with E-state index in [0.29, 0.717) is 0 Å².